The van der Waals surface area contributed by atoms with Crippen LogP contribution in [0.2, 0.25) is 0 Å². The third-order valence-corrected chi connectivity index (χ3v) is 5.83. The minimum absolute atomic E-state index is 0.0109. The van der Waals surface area contributed by atoms with Crippen molar-refractivity contribution in [2.45, 2.75) is 44.4 Å². The minimum atomic E-state index is 0.0109. The molecular weight excluding hydrogens is 272 g/mol. The van der Waals surface area contributed by atoms with Crippen LogP contribution in [0.25, 0.3) is 0 Å². The second kappa shape index (κ2) is 5.30. The predicted octanol–water partition coefficient (Wildman–Crippen LogP) is 5.69. The summed E-state index contributed by atoms with van der Waals surface area (Å²) in [5.41, 5.74) is 4.12. The van der Waals surface area contributed by atoms with Gasteiger partial charge in [0.15, 0.2) is 0 Å². The molecule has 3 rings (SSSR count). The van der Waals surface area contributed by atoms with Crippen LogP contribution in [0.3, 0.4) is 0 Å². The summed E-state index contributed by atoms with van der Waals surface area (Å²) in [6.07, 6.45) is 3.80. The number of alkyl halides is 1. The molecular formula is C17H19ClS. The molecule has 2 heteroatoms. The Kier molecular flexibility index (Phi) is 3.68. The van der Waals surface area contributed by atoms with Crippen molar-refractivity contribution in [2.75, 3.05) is 0 Å². The molecule has 19 heavy (non-hydrogen) atoms. The summed E-state index contributed by atoms with van der Waals surface area (Å²) in [6, 6.07) is 11.1. The lowest BCUT2D eigenvalue weighted by Crippen LogP contribution is -1.93. The Hall–Kier alpha value is -0.790. The van der Waals surface area contributed by atoms with Crippen molar-refractivity contribution >= 4 is 22.9 Å². The van der Waals surface area contributed by atoms with E-state index in [1.54, 1.807) is 4.88 Å². The first-order chi connectivity index (χ1) is 9.15. The van der Waals surface area contributed by atoms with E-state index in [-0.39, 0.29) is 5.38 Å². The zero-order valence-corrected chi connectivity index (χ0v) is 13.0. The van der Waals surface area contributed by atoms with E-state index in [0.717, 1.165) is 0 Å². The molecule has 2 aromatic rings. The number of hydrogen-bond donors (Lipinski definition) is 0. The first-order valence-corrected chi connectivity index (χ1v) is 8.26. The van der Waals surface area contributed by atoms with Crippen molar-refractivity contribution in [3.8, 4) is 0 Å². The summed E-state index contributed by atoms with van der Waals surface area (Å²) < 4.78 is 0. The van der Waals surface area contributed by atoms with Gasteiger partial charge in [0.1, 0.15) is 0 Å². The zero-order chi connectivity index (χ0) is 13.4. The zero-order valence-electron chi connectivity index (χ0n) is 11.4. The Morgan fingerprint density at radius 2 is 1.74 bits per heavy atom. The molecule has 0 aliphatic heterocycles. The van der Waals surface area contributed by atoms with Crippen LogP contribution in [0.5, 0.6) is 0 Å². The van der Waals surface area contributed by atoms with Crippen molar-refractivity contribution in [1.29, 1.82) is 0 Å². The standard InChI is InChI=1S/C17H19ClS/c1-11(2)12-6-8-13(9-7-12)17(18)16-10-14-4-3-5-15(14)19-16/h6-11,17H,3-5H2,1-2H3. The highest BCUT2D eigenvalue weighted by atomic mass is 35.5. The van der Waals surface area contributed by atoms with Gasteiger partial charge in [-0.1, -0.05) is 38.1 Å². The fraction of sp³-hybridized carbons (Fsp3) is 0.412. The van der Waals surface area contributed by atoms with Gasteiger partial charge >= 0.3 is 0 Å². The number of thiophene rings is 1. The Balaban J connectivity index is 1.84. The molecule has 0 spiro atoms. The number of aryl methyl sites for hydroxylation is 2. The van der Waals surface area contributed by atoms with Gasteiger partial charge < -0.3 is 0 Å². The van der Waals surface area contributed by atoms with Crippen LogP contribution in [-0.4, -0.2) is 0 Å². The highest BCUT2D eigenvalue weighted by Crippen LogP contribution is 2.39. The molecule has 1 heterocycles. The summed E-state index contributed by atoms with van der Waals surface area (Å²) in [7, 11) is 0. The molecule has 1 aliphatic carbocycles. The Bertz CT molecular complexity index is 544. The topological polar surface area (TPSA) is 0 Å². The molecule has 0 radical (unpaired) electrons. The molecule has 1 unspecified atom stereocenters. The van der Waals surface area contributed by atoms with Crippen LogP contribution in [0.15, 0.2) is 30.3 Å². The van der Waals surface area contributed by atoms with Gasteiger partial charge in [0, 0.05) is 9.75 Å². The summed E-state index contributed by atoms with van der Waals surface area (Å²) in [5, 5.41) is 0.0109. The van der Waals surface area contributed by atoms with Crippen LogP contribution in [0.1, 0.15) is 58.0 Å². The van der Waals surface area contributed by atoms with Crippen molar-refractivity contribution < 1.29 is 0 Å². The van der Waals surface area contributed by atoms with E-state index in [1.165, 1.54) is 40.8 Å². The van der Waals surface area contributed by atoms with Gasteiger partial charge in [-0.3, -0.25) is 0 Å². The maximum absolute atomic E-state index is 6.64. The van der Waals surface area contributed by atoms with E-state index in [1.807, 2.05) is 11.3 Å². The SMILES string of the molecule is CC(C)c1ccc(C(Cl)c2cc3c(s2)CCC3)cc1. The number of halogens is 1. The molecule has 0 nitrogen and oxygen atoms in total. The molecule has 1 aliphatic rings. The highest BCUT2D eigenvalue weighted by molar-refractivity contribution is 7.12. The second-order valence-electron chi connectivity index (χ2n) is 5.63. The summed E-state index contributed by atoms with van der Waals surface area (Å²) in [4.78, 5) is 2.86. The monoisotopic (exact) mass is 290 g/mol. The number of rotatable bonds is 3. The molecule has 1 aromatic carbocycles. The van der Waals surface area contributed by atoms with Crippen molar-refractivity contribution in [3.63, 3.8) is 0 Å². The summed E-state index contributed by atoms with van der Waals surface area (Å²) in [6.45, 7) is 4.44. The lowest BCUT2D eigenvalue weighted by Gasteiger charge is -2.10. The van der Waals surface area contributed by atoms with Crippen LogP contribution in [0.4, 0.5) is 0 Å². The van der Waals surface area contributed by atoms with Crippen molar-refractivity contribution in [1.82, 2.24) is 0 Å². The van der Waals surface area contributed by atoms with Gasteiger partial charge in [-0.2, -0.15) is 0 Å². The Morgan fingerprint density at radius 3 is 2.37 bits per heavy atom. The van der Waals surface area contributed by atoms with Crippen LogP contribution in [-0.2, 0) is 12.8 Å². The third kappa shape index (κ3) is 2.59. The lowest BCUT2D eigenvalue weighted by molar-refractivity contribution is 0.865. The number of fused-ring (bicyclic) bond motifs is 1. The Labute approximate surface area is 124 Å². The van der Waals surface area contributed by atoms with E-state index in [9.17, 15) is 0 Å². The minimum Gasteiger partial charge on any atom is -0.143 e. The van der Waals surface area contributed by atoms with Gasteiger partial charge in [-0.05, 0) is 47.9 Å². The van der Waals surface area contributed by atoms with Crippen LogP contribution in [0, 0.1) is 0 Å². The summed E-state index contributed by atoms with van der Waals surface area (Å²) in [5.74, 6) is 0.577. The fourth-order valence-electron chi connectivity index (χ4n) is 2.69. The smallest absolute Gasteiger partial charge is 0.0927 e. The maximum Gasteiger partial charge on any atom is 0.0927 e. The number of benzene rings is 1. The maximum atomic E-state index is 6.64. The molecule has 0 N–H and O–H groups in total. The molecule has 0 bridgehead atoms. The normalized spacial score (nSPS) is 15.8. The molecule has 0 saturated heterocycles. The number of hydrogen-bond acceptors (Lipinski definition) is 1. The summed E-state index contributed by atoms with van der Waals surface area (Å²) >= 11 is 8.54. The first-order valence-electron chi connectivity index (χ1n) is 7.00. The predicted molar refractivity (Wildman–Crippen MR) is 84.6 cm³/mol. The van der Waals surface area contributed by atoms with E-state index in [2.05, 4.69) is 44.2 Å². The fourth-order valence-corrected chi connectivity index (χ4v) is 4.30. The third-order valence-electron chi connectivity index (χ3n) is 3.91. The quantitative estimate of drug-likeness (QED) is 0.637. The second-order valence-corrected chi connectivity index (χ2v) is 7.24. The Morgan fingerprint density at radius 1 is 1.05 bits per heavy atom. The molecule has 1 atom stereocenters. The van der Waals surface area contributed by atoms with E-state index in [0.29, 0.717) is 5.92 Å². The van der Waals surface area contributed by atoms with Gasteiger partial charge in [0.25, 0.3) is 0 Å². The average molecular weight is 291 g/mol. The van der Waals surface area contributed by atoms with Crippen molar-refractivity contribution in [2.24, 2.45) is 0 Å². The molecule has 0 saturated carbocycles. The van der Waals surface area contributed by atoms with E-state index >= 15 is 0 Å². The van der Waals surface area contributed by atoms with E-state index in [4.69, 9.17) is 11.6 Å². The molecule has 1 aromatic heterocycles. The van der Waals surface area contributed by atoms with Gasteiger partial charge in [0.2, 0.25) is 0 Å². The average Bonchev–Trinajstić information content (AvgIpc) is 2.98. The highest BCUT2D eigenvalue weighted by Gasteiger charge is 2.19. The van der Waals surface area contributed by atoms with Crippen LogP contribution < -0.4 is 0 Å². The molecule has 0 fully saturated rings. The van der Waals surface area contributed by atoms with Gasteiger partial charge in [-0.25, -0.2) is 0 Å². The molecule has 0 amide bonds. The lowest BCUT2D eigenvalue weighted by atomic mass is 10.0. The van der Waals surface area contributed by atoms with Gasteiger partial charge in [-0.15, -0.1) is 22.9 Å². The molecule has 100 valence electrons. The van der Waals surface area contributed by atoms with Gasteiger partial charge in [0.05, 0.1) is 5.38 Å². The largest absolute Gasteiger partial charge is 0.143 e. The van der Waals surface area contributed by atoms with Crippen LogP contribution >= 0.6 is 22.9 Å². The van der Waals surface area contributed by atoms with Crippen molar-refractivity contribution in [3.05, 3.63) is 56.8 Å². The first kappa shape index (κ1) is 13.2. The van der Waals surface area contributed by atoms with E-state index < -0.39 is 0 Å².